The molecule has 0 N–H and O–H groups in total. The van der Waals surface area contributed by atoms with Crippen LogP contribution in [0.4, 0.5) is 5.69 Å². The van der Waals surface area contributed by atoms with Crippen LogP contribution >= 0.6 is 33.9 Å². The number of benzene rings is 2. The standard InChI is InChI=1S/C17H9IN4O3S/c18-12-6-4-10(5-7-12)8-14-16(23)21-17(26-14)19-15(20-21)11-2-1-3-13(9-11)22(24)25/h1-9H. The van der Waals surface area contributed by atoms with E-state index in [1.807, 2.05) is 24.3 Å². The summed E-state index contributed by atoms with van der Waals surface area (Å²) in [6.45, 7) is 0. The molecule has 9 heteroatoms. The molecule has 0 saturated heterocycles. The molecule has 0 amide bonds. The van der Waals surface area contributed by atoms with Crippen LogP contribution in [0, 0.1) is 13.7 Å². The zero-order valence-corrected chi connectivity index (χ0v) is 16.0. The van der Waals surface area contributed by atoms with Gasteiger partial charge in [-0.15, -0.1) is 5.10 Å². The predicted molar refractivity (Wildman–Crippen MR) is 107 cm³/mol. The molecule has 0 bridgehead atoms. The molecule has 0 aliphatic carbocycles. The van der Waals surface area contributed by atoms with E-state index in [4.69, 9.17) is 0 Å². The van der Waals surface area contributed by atoms with Gasteiger partial charge in [-0.1, -0.05) is 35.6 Å². The number of fused-ring (bicyclic) bond motifs is 1. The largest absolute Gasteiger partial charge is 0.291 e. The molecular formula is C17H9IN4O3S. The molecule has 0 radical (unpaired) electrons. The minimum atomic E-state index is -0.477. The van der Waals surface area contributed by atoms with Gasteiger partial charge in [0.15, 0.2) is 5.82 Å². The third kappa shape index (κ3) is 3.10. The molecule has 7 nitrogen and oxygen atoms in total. The van der Waals surface area contributed by atoms with E-state index in [0.717, 1.165) is 9.13 Å². The predicted octanol–water partition coefficient (Wildman–Crippen LogP) is 2.88. The summed E-state index contributed by atoms with van der Waals surface area (Å²) in [7, 11) is 0. The van der Waals surface area contributed by atoms with Crippen molar-refractivity contribution in [2.75, 3.05) is 0 Å². The number of non-ortho nitro benzene ring substituents is 1. The van der Waals surface area contributed by atoms with Crippen molar-refractivity contribution in [3.63, 3.8) is 0 Å². The summed E-state index contributed by atoms with van der Waals surface area (Å²) in [5, 5.41) is 15.1. The van der Waals surface area contributed by atoms with Gasteiger partial charge in [-0.3, -0.25) is 14.9 Å². The molecule has 0 fully saturated rings. The maximum absolute atomic E-state index is 12.5. The maximum atomic E-state index is 12.5. The van der Waals surface area contributed by atoms with Crippen molar-refractivity contribution in [3.8, 4) is 11.4 Å². The van der Waals surface area contributed by atoms with Gasteiger partial charge in [-0.2, -0.15) is 9.50 Å². The average molecular weight is 476 g/mol. The molecule has 0 aliphatic rings. The maximum Gasteiger partial charge on any atom is 0.291 e. The van der Waals surface area contributed by atoms with Crippen molar-refractivity contribution < 1.29 is 4.92 Å². The van der Waals surface area contributed by atoms with Crippen LogP contribution in [0.15, 0.2) is 53.3 Å². The summed E-state index contributed by atoms with van der Waals surface area (Å²) in [4.78, 5) is 27.8. The van der Waals surface area contributed by atoms with Crippen molar-refractivity contribution in [1.82, 2.24) is 14.6 Å². The first-order valence-corrected chi connectivity index (χ1v) is 9.32. The number of thiazole rings is 1. The molecule has 4 aromatic rings. The quantitative estimate of drug-likeness (QED) is 0.258. The normalized spacial score (nSPS) is 12.0. The monoisotopic (exact) mass is 476 g/mol. The third-order valence-corrected chi connectivity index (χ3v) is 5.34. The van der Waals surface area contributed by atoms with Gasteiger partial charge in [0.2, 0.25) is 4.96 Å². The van der Waals surface area contributed by atoms with Crippen LogP contribution in [0.2, 0.25) is 0 Å². The van der Waals surface area contributed by atoms with Gasteiger partial charge < -0.3 is 0 Å². The van der Waals surface area contributed by atoms with Crippen LogP contribution in [0.25, 0.3) is 22.4 Å². The lowest BCUT2D eigenvalue weighted by atomic mass is 10.2. The molecule has 2 aromatic carbocycles. The second-order valence-electron chi connectivity index (χ2n) is 5.40. The smallest absolute Gasteiger partial charge is 0.266 e. The lowest BCUT2D eigenvalue weighted by Crippen LogP contribution is -2.23. The van der Waals surface area contributed by atoms with E-state index in [-0.39, 0.29) is 17.1 Å². The Morgan fingerprint density at radius 3 is 2.65 bits per heavy atom. The molecule has 2 heterocycles. The van der Waals surface area contributed by atoms with Crippen LogP contribution in [0.3, 0.4) is 0 Å². The number of nitrogens with zero attached hydrogens (tertiary/aromatic N) is 4. The Labute approximate surface area is 163 Å². The summed E-state index contributed by atoms with van der Waals surface area (Å²) in [5.41, 5.74) is 1.12. The van der Waals surface area contributed by atoms with Crippen LogP contribution in [0.5, 0.6) is 0 Å². The fourth-order valence-electron chi connectivity index (χ4n) is 2.42. The molecule has 0 atom stereocenters. The van der Waals surface area contributed by atoms with E-state index in [0.29, 0.717) is 15.1 Å². The molecule has 0 unspecified atom stereocenters. The number of rotatable bonds is 3. The van der Waals surface area contributed by atoms with Crippen LogP contribution in [-0.2, 0) is 0 Å². The van der Waals surface area contributed by atoms with Crippen LogP contribution in [-0.4, -0.2) is 19.5 Å². The molecule has 128 valence electrons. The summed E-state index contributed by atoms with van der Waals surface area (Å²) < 4.78 is 2.88. The van der Waals surface area contributed by atoms with Crippen LogP contribution < -0.4 is 10.1 Å². The lowest BCUT2D eigenvalue weighted by Gasteiger charge is -1.94. The Morgan fingerprint density at radius 2 is 1.96 bits per heavy atom. The molecular weight excluding hydrogens is 467 g/mol. The van der Waals surface area contributed by atoms with Gasteiger partial charge in [-0.05, 0) is 46.4 Å². The topological polar surface area (TPSA) is 90.4 Å². The van der Waals surface area contributed by atoms with E-state index < -0.39 is 4.92 Å². The highest BCUT2D eigenvalue weighted by Crippen LogP contribution is 2.21. The summed E-state index contributed by atoms with van der Waals surface area (Å²) >= 11 is 3.46. The van der Waals surface area contributed by atoms with Crippen molar-refractivity contribution in [1.29, 1.82) is 0 Å². The molecule has 26 heavy (non-hydrogen) atoms. The van der Waals surface area contributed by atoms with Gasteiger partial charge in [-0.25, -0.2) is 0 Å². The Kier molecular flexibility index (Phi) is 4.24. The summed E-state index contributed by atoms with van der Waals surface area (Å²) in [6.07, 6.45) is 1.80. The number of nitro groups is 1. The van der Waals surface area contributed by atoms with Gasteiger partial charge in [0, 0.05) is 21.3 Å². The van der Waals surface area contributed by atoms with Gasteiger partial charge in [0.25, 0.3) is 11.2 Å². The van der Waals surface area contributed by atoms with E-state index in [2.05, 4.69) is 32.7 Å². The number of nitro benzene ring substituents is 1. The Bertz CT molecular complexity index is 1250. The highest BCUT2D eigenvalue weighted by molar-refractivity contribution is 14.1. The first-order chi connectivity index (χ1) is 12.5. The summed E-state index contributed by atoms with van der Waals surface area (Å²) in [6, 6.07) is 13.8. The third-order valence-electron chi connectivity index (χ3n) is 3.66. The van der Waals surface area contributed by atoms with E-state index in [1.54, 1.807) is 18.2 Å². The van der Waals surface area contributed by atoms with E-state index in [9.17, 15) is 14.9 Å². The highest BCUT2D eigenvalue weighted by Gasteiger charge is 2.14. The average Bonchev–Trinajstić information content (AvgIpc) is 3.17. The SMILES string of the molecule is O=c1c(=Cc2ccc(I)cc2)sc2nc(-c3cccc([N+](=O)[O-])c3)nn12. The van der Waals surface area contributed by atoms with Crippen molar-refractivity contribution >= 4 is 50.7 Å². The van der Waals surface area contributed by atoms with Crippen molar-refractivity contribution in [2.24, 2.45) is 0 Å². The number of aromatic nitrogens is 3. The van der Waals surface area contributed by atoms with Crippen molar-refractivity contribution in [2.45, 2.75) is 0 Å². The van der Waals surface area contributed by atoms with Gasteiger partial charge in [0.1, 0.15) is 0 Å². The molecule has 0 spiro atoms. The second kappa shape index (κ2) is 6.57. The van der Waals surface area contributed by atoms with Gasteiger partial charge in [0.05, 0.1) is 9.46 Å². The minimum absolute atomic E-state index is 0.0456. The van der Waals surface area contributed by atoms with Crippen molar-refractivity contribution in [3.05, 3.63) is 82.7 Å². The number of halogens is 1. The zero-order valence-electron chi connectivity index (χ0n) is 13.0. The Morgan fingerprint density at radius 1 is 1.19 bits per heavy atom. The highest BCUT2D eigenvalue weighted by atomic mass is 127. The van der Waals surface area contributed by atoms with E-state index in [1.165, 1.54) is 28.0 Å². The van der Waals surface area contributed by atoms with E-state index >= 15 is 0 Å². The number of hydrogen-bond acceptors (Lipinski definition) is 6. The lowest BCUT2D eigenvalue weighted by molar-refractivity contribution is -0.384. The Hall–Kier alpha value is -2.66. The first-order valence-electron chi connectivity index (χ1n) is 7.43. The fourth-order valence-corrected chi connectivity index (χ4v) is 3.69. The van der Waals surface area contributed by atoms with Crippen LogP contribution in [0.1, 0.15) is 5.56 Å². The van der Waals surface area contributed by atoms with Gasteiger partial charge >= 0.3 is 0 Å². The molecule has 0 aliphatic heterocycles. The summed E-state index contributed by atoms with van der Waals surface area (Å²) in [5.74, 6) is 0.290. The first kappa shape index (κ1) is 16.8. The molecule has 0 saturated carbocycles. The minimum Gasteiger partial charge on any atom is -0.266 e. The molecule has 4 rings (SSSR count). The number of hydrogen-bond donors (Lipinski definition) is 0. The zero-order chi connectivity index (χ0) is 18.3. The second-order valence-corrected chi connectivity index (χ2v) is 7.66. The Balaban J connectivity index is 1.79. The fraction of sp³-hybridized carbons (Fsp3) is 0. The molecule has 2 aromatic heterocycles.